The van der Waals surface area contributed by atoms with Crippen molar-refractivity contribution in [3.05, 3.63) is 46.8 Å². The SMILES string of the molecule is CCc1noc(CC)c1CNC(=NC)NCc1ccc(OCCOC)cc1. The second kappa shape index (κ2) is 11.2. The van der Waals surface area contributed by atoms with Gasteiger partial charge in [-0.15, -0.1) is 0 Å². The first kappa shape index (κ1) is 20.8. The summed E-state index contributed by atoms with van der Waals surface area (Å²) in [5.41, 5.74) is 3.27. The zero-order chi connectivity index (χ0) is 19.5. The maximum atomic E-state index is 5.58. The number of aromatic nitrogens is 1. The summed E-state index contributed by atoms with van der Waals surface area (Å²) in [6.07, 6.45) is 1.68. The lowest BCUT2D eigenvalue weighted by Gasteiger charge is -2.13. The summed E-state index contributed by atoms with van der Waals surface area (Å²) in [5.74, 6) is 2.50. The highest BCUT2D eigenvalue weighted by atomic mass is 16.5. The zero-order valence-electron chi connectivity index (χ0n) is 16.7. The molecule has 2 N–H and O–H groups in total. The molecule has 0 unspecified atom stereocenters. The van der Waals surface area contributed by atoms with E-state index in [1.807, 2.05) is 24.3 Å². The second-order valence-electron chi connectivity index (χ2n) is 6.00. The van der Waals surface area contributed by atoms with E-state index in [2.05, 4.69) is 34.6 Å². The summed E-state index contributed by atoms with van der Waals surface area (Å²) in [7, 11) is 3.42. The predicted octanol–water partition coefficient (Wildman–Crippen LogP) is 2.69. The number of methoxy groups -OCH3 is 1. The van der Waals surface area contributed by atoms with Gasteiger partial charge in [-0.1, -0.05) is 31.1 Å². The first-order valence-corrected chi connectivity index (χ1v) is 9.33. The Hall–Kier alpha value is -2.54. The average Bonchev–Trinajstić information content (AvgIpc) is 3.11. The lowest BCUT2D eigenvalue weighted by Crippen LogP contribution is -2.36. The summed E-state index contributed by atoms with van der Waals surface area (Å²) in [6.45, 7) is 6.59. The number of hydrogen-bond donors (Lipinski definition) is 2. The van der Waals surface area contributed by atoms with E-state index in [1.54, 1.807) is 14.2 Å². The molecule has 7 heteroatoms. The van der Waals surface area contributed by atoms with Crippen molar-refractivity contribution in [3.63, 3.8) is 0 Å². The topological polar surface area (TPSA) is 80.9 Å². The van der Waals surface area contributed by atoms with Gasteiger partial charge in [0.05, 0.1) is 12.3 Å². The van der Waals surface area contributed by atoms with Crippen molar-refractivity contribution in [2.24, 2.45) is 4.99 Å². The van der Waals surface area contributed by atoms with Gasteiger partial charge in [-0.3, -0.25) is 4.99 Å². The van der Waals surface area contributed by atoms with Gasteiger partial charge in [-0.2, -0.15) is 0 Å². The summed E-state index contributed by atoms with van der Waals surface area (Å²) in [4.78, 5) is 4.29. The molecule has 1 heterocycles. The van der Waals surface area contributed by atoms with E-state index in [4.69, 9.17) is 14.0 Å². The van der Waals surface area contributed by atoms with E-state index in [1.165, 1.54) is 0 Å². The summed E-state index contributed by atoms with van der Waals surface area (Å²) in [6, 6.07) is 7.99. The van der Waals surface area contributed by atoms with Crippen LogP contribution in [0.15, 0.2) is 33.8 Å². The van der Waals surface area contributed by atoms with Crippen LogP contribution in [-0.2, 0) is 30.7 Å². The van der Waals surface area contributed by atoms with Gasteiger partial charge >= 0.3 is 0 Å². The van der Waals surface area contributed by atoms with Crippen molar-refractivity contribution in [2.75, 3.05) is 27.4 Å². The Morgan fingerprint density at radius 1 is 1.07 bits per heavy atom. The monoisotopic (exact) mass is 374 g/mol. The fraction of sp³-hybridized carbons (Fsp3) is 0.500. The molecule has 0 bridgehead atoms. The number of hydrogen-bond acceptors (Lipinski definition) is 5. The zero-order valence-corrected chi connectivity index (χ0v) is 16.7. The van der Waals surface area contributed by atoms with Gasteiger partial charge in [0.15, 0.2) is 5.96 Å². The van der Waals surface area contributed by atoms with Crippen LogP contribution in [0.3, 0.4) is 0 Å². The van der Waals surface area contributed by atoms with Crippen LogP contribution in [0.2, 0.25) is 0 Å². The number of guanidine groups is 1. The fourth-order valence-electron chi connectivity index (χ4n) is 2.66. The van der Waals surface area contributed by atoms with E-state index >= 15 is 0 Å². The highest BCUT2D eigenvalue weighted by Gasteiger charge is 2.13. The maximum absolute atomic E-state index is 5.58. The minimum absolute atomic E-state index is 0.549. The molecule has 0 saturated heterocycles. The second-order valence-corrected chi connectivity index (χ2v) is 6.00. The van der Waals surface area contributed by atoms with Crippen molar-refractivity contribution < 1.29 is 14.0 Å². The quantitative estimate of drug-likeness (QED) is 0.378. The van der Waals surface area contributed by atoms with Crippen LogP contribution in [0.1, 0.15) is 36.4 Å². The van der Waals surface area contributed by atoms with Crippen LogP contribution in [0.25, 0.3) is 0 Å². The number of nitrogens with zero attached hydrogens (tertiary/aromatic N) is 2. The van der Waals surface area contributed by atoms with Crippen molar-refractivity contribution in [2.45, 2.75) is 39.8 Å². The highest BCUT2D eigenvalue weighted by molar-refractivity contribution is 5.79. The van der Waals surface area contributed by atoms with E-state index in [0.717, 1.165) is 47.1 Å². The minimum atomic E-state index is 0.549. The Morgan fingerprint density at radius 2 is 1.81 bits per heavy atom. The molecule has 0 fully saturated rings. The van der Waals surface area contributed by atoms with Crippen molar-refractivity contribution in [1.29, 1.82) is 0 Å². The fourth-order valence-corrected chi connectivity index (χ4v) is 2.66. The van der Waals surface area contributed by atoms with Gasteiger partial charge in [-0.05, 0) is 24.1 Å². The van der Waals surface area contributed by atoms with Crippen LogP contribution in [0, 0.1) is 0 Å². The Labute approximate surface area is 161 Å². The lowest BCUT2D eigenvalue weighted by atomic mass is 10.1. The lowest BCUT2D eigenvalue weighted by molar-refractivity contribution is 0.146. The molecular weight excluding hydrogens is 344 g/mol. The van der Waals surface area contributed by atoms with Gasteiger partial charge in [0, 0.05) is 39.2 Å². The summed E-state index contributed by atoms with van der Waals surface area (Å²) < 4.78 is 16.0. The largest absolute Gasteiger partial charge is 0.491 e. The molecule has 0 atom stereocenters. The van der Waals surface area contributed by atoms with Gasteiger partial charge < -0.3 is 24.6 Å². The van der Waals surface area contributed by atoms with Crippen LogP contribution in [-0.4, -0.2) is 38.5 Å². The molecule has 0 saturated carbocycles. The Bertz CT molecular complexity index is 689. The van der Waals surface area contributed by atoms with Gasteiger partial charge in [0.2, 0.25) is 0 Å². The molecule has 2 rings (SSSR count). The van der Waals surface area contributed by atoms with E-state index < -0.39 is 0 Å². The number of nitrogens with one attached hydrogen (secondary N) is 2. The first-order valence-electron chi connectivity index (χ1n) is 9.33. The molecule has 0 aliphatic heterocycles. The van der Waals surface area contributed by atoms with Gasteiger partial charge in [0.1, 0.15) is 18.1 Å². The van der Waals surface area contributed by atoms with Crippen LogP contribution < -0.4 is 15.4 Å². The maximum Gasteiger partial charge on any atom is 0.191 e. The number of aliphatic imine (C=N–C) groups is 1. The molecule has 2 aromatic rings. The Kier molecular flexibility index (Phi) is 8.64. The van der Waals surface area contributed by atoms with Crippen LogP contribution >= 0.6 is 0 Å². The number of aryl methyl sites for hydroxylation is 2. The third kappa shape index (κ3) is 6.29. The Morgan fingerprint density at radius 3 is 2.44 bits per heavy atom. The molecule has 0 aliphatic rings. The van der Waals surface area contributed by atoms with Gasteiger partial charge in [-0.25, -0.2) is 0 Å². The molecule has 0 spiro atoms. The first-order chi connectivity index (χ1) is 13.2. The van der Waals surface area contributed by atoms with Crippen LogP contribution in [0.4, 0.5) is 0 Å². The average molecular weight is 374 g/mol. The minimum Gasteiger partial charge on any atom is -0.491 e. The van der Waals surface area contributed by atoms with E-state index in [0.29, 0.717) is 26.3 Å². The summed E-state index contributed by atoms with van der Waals surface area (Å²) in [5, 5.41) is 10.8. The van der Waals surface area contributed by atoms with Crippen molar-refractivity contribution in [1.82, 2.24) is 15.8 Å². The van der Waals surface area contributed by atoms with Gasteiger partial charge in [0.25, 0.3) is 0 Å². The molecule has 27 heavy (non-hydrogen) atoms. The molecule has 0 amide bonds. The van der Waals surface area contributed by atoms with E-state index in [-0.39, 0.29) is 0 Å². The third-order valence-corrected chi connectivity index (χ3v) is 4.20. The number of benzene rings is 1. The van der Waals surface area contributed by atoms with Crippen molar-refractivity contribution >= 4 is 5.96 Å². The standard InChI is InChI=1S/C20H30N4O3/c1-5-18-17(19(6-2)27-24-18)14-23-20(21-3)22-13-15-7-9-16(10-8-15)26-12-11-25-4/h7-10H,5-6,11-14H2,1-4H3,(H2,21,22,23). The smallest absolute Gasteiger partial charge is 0.191 e. The molecule has 0 aliphatic carbocycles. The van der Waals surface area contributed by atoms with E-state index in [9.17, 15) is 0 Å². The summed E-state index contributed by atoms with van der Waals surface area (Å²) >= 11 is 0. The number of ether oxygens (including phenoxy) is 2. The number of rotatable bonds is 10. The molecular formula is C20H30N4O3. The molecule has 7 nitrogen and oxygen atoms in total. The normalized spacial score (nSPS) is 11.5. The predicted molar refractivity (Wildman–Crippen MR) is 106 cm³/mol. The molecule has 0 radical (unpaired) electrons. The molecule has 1 aromatic carbocycles. The molecule has 148 valence electrons. The molecule has 1 aromatic heterocycles. The highest BCUT2D eigenvalue weighted by Crippen LogP contribution is 2.15. The van der Waals surface area contributed by atoms with Crippen molar-refractivity contribution in [3.8, 4) is 5.75 Å². The third-order valence-electron chi connectivity index (χ3n) is 4.20. The Balaban J connectivity index is 1.84. The van der Waals surface area contributed by atoms with Crippen LogP contribution in [0.5, 0.6) is 5.75 Å².